The van der Waals surface area contributed by atoms with Crippen molar-refractivity contribution in [3.8, 4) is 0 Å². The Morgan fingerprint density at radius 3 is 2.44 bits per heavy atom. The zero-order valence-corrected chi connectivity index (χ0v) is 10.6. The van der Waals surface area contributed by atoms with Gasteiger partial charge < -0.3 is 11.5 Å². The number of amides is 2. The first-order valence-corrected chi connectivity index (χ1v) is 5.84. The molecule has 4 N–H and O–H groups in total. The Kier molecular flexibility index (Phi) is 4.67. The highest BCUT2D eigenvalue weighted by Crippen LogP contribution is 2.32. The number of hydrogen-bond donors (Lipinski definition) is 2. The molecular formula is C12H14ClFN2O2. The molecule has 2 amide bonds. The zero-order valence-electron chi connectivity index (χ0n) is 9.87. The van der Waals surface area contributed by atoms with Crippen LogP contribution in [0.3, 0.4) is 0 Å². The molecule has 0 aromatic heterocycles. The van der Waals surface area contributed by atoms with E-state index in [1.54, 1.807) is 0 Å². The van der Waals surface area contributed by atoms with Crippen LogP contribution in [0.25, 0.3) is 0 Å². The molecule has 0 saturated carbocycles. The topological polar surface area (TPSA) is 86.2 Å². The Morgan fingerprint density at radius 2 is 2.00 bits per heavy atom. The molecule has 1 unspecified atom stereocenters. The lowest BCUT2D eigenvalue weighted by atomic mass is 9.92. The minimum Gasteiger partial charge on any atom is -0.369 e. The fourth-order valence-electron chi connectivity index (χ4n) is 1.80. The second-order valence-electron chi connectivity index (χ2n) is 3.93. The lowest BCUT2D eigenvalue weighted by Crippen LogP contribution is -2.23. The van der Waals surface area contributed by atoms with E-state index in [0.29, 0.717) is 12.8 Å². The van der Waals surface area contributed by atoms with Gasteiger partial charge in [0, 0.05) is 5.56 Å². The predicted octanol–water partition coefficient (Wildman–Crippen LogP) is 1.95. The molecule has 0 heterocycles. The molecule has 98 valence electrons. The van der Waals surface area contributed by atoms with Gasteiger partial charge in [-0.1, -0.05) is 24.9 Å². The van der Waals surface area contributed by atoms with Crippen LogP contribution in [0.5, 0.6) is 0 Å². The lowest BCUT2D eigenvalue weighted by Gasteiger charge is -2.16. The summed E-state index contributed by atoms with van der Waals surface area (Å²) < 4.78 is 13.8. The molecule has 0 aliphatic rings. The van der Waals surface area contributed by atoms with E-state index in [-0.39, 0.29) is 16.1 Å². The summed E-state index contributed by atoms with van der Waals surface area (Å²) in [5, 5.41) is -0.139. The van der Waals surface area contributed by atoms with Crippen molar-refractivity contribution in [3.05, 3.63) is 34.1 Å². The number of carbonyl (C=O) groups excluding carboxylic acids is 2. The van der Waals surface area contributed by atoms with Crippen LogP contribution in [0.15, 0.2) is 12.1 Å². The quantitative estimate of drug-likeness (QED) is 0.858. The van der Waals surface area contributed by atoms with E-state index >= 15 is 0 Å². The van der Waals surface area contributed by atoms with Crippen LogP contribution in [-0.2, 0) is 4.79 Å². The van der Waals surface area contributed by atoms with Gasteiger partial charge >= 0.3 is 0 Å². The number of nitrogens with two attached hydrogens (primary N) is 2. The number of benzene rings is 1. The highest BCUT2D eigenvalue weighted by Gasteiger charge is 2.26. The second-order valence-corrected chi connectivity index (χ2v) is 4.31. The minimum atomic E-state index is -0.859. The highest BCUT2D eigenvalue weighted by atomic mass is 35.5. The van der Waals surface area contributed by atoms with Crippen LogP contribution in [0, 0.1) is 5.82 Å². The molecule has 0 saturated heterocycles. The number of carbonyl (C=O) groups is 2. The van der Waals surface area contributed by atoms with E-state index in [1.165, 1.54) is 6.07 Å². The standard InChI is InChI=1S/C12H14ClFN2O2/c1-2-3-6(11(15)17)9-8(14)5-4-7(10(9)13)12(16)18/h4-6H,2-3H2,1H3,(H2,15,17)(H2,16,18). The monoisotopic (exact) mass is 272 g/mol. The van der Waals surface area contributed by atoms with Gasteiger partial charge in [-0.25, -0.2) is 4.39 Å². The van der Waals surface area contributed by atoms with Crippen LogP contribution in [0.2, 0.25) is 5.02 Å². The van der Waals surface area contributed by atoms with Gasteiger partial charge in [0.25, 0.3) is 0 Å². The van der Waals surface area contributed by atoms with E-state index in [1.807, 2.05) is 6.92 Å². The summed E-state index contributed by atoms with van der Waals surface area (Å²) in [6, 6.07) is 2.25. The minimum absolute atomic E-state index is 0.0181. The Labute approximate surface area is 109 Å². The first kappa shape index (κ1) is 14.4. The van der Waals surface area contributed by atoms with E-state index in [0.717, 1.165) is 6.07 Å². The maximum absolute atomic E-state index is 13.8. The van der Waals surface area contributed by atoms with Crippen LogP contribution < -0.4 is 11.5 Å². The Morgan fingerprint density at radius 1 is 1.39 bits per heavy atom. The average molecular weight is 273 g/mol. The molecule has 0 bridgehead atoms. The number of hydrogen-bond acceptors (Lipinski definition) is 2. The molecule has 1 rings (SSSR count). The third-order valence-electron chi connectivity index (χ3n) is 2.66. The Balaban J connectivity index is 3.41. The van der Waals surface area contributed by atoms with Gasteiger partial charge in [0.2, 0.25) is 11.8 Å². The molecule has 0 radical (unpaired) electrons. The van der Waals surface area contributed by atoms with Crippen molar-refractivity contribution in [1.82, 2.24) is 0 Å². The van der Waals surface area contributed by atoms with Crippen LogP contribution in [-0.4, -0.2) is 11.8 Å². The van der Waals surface area contributed by atoms with Crippen LogP contribution in [0.4, 0.5) is 4.39 Å². The molecule has 0 spiro atoms. The largest absolute Gasteiger partial charge is 0.369 e. The van der Waals surface area contributed by atoms with Crippen molar-refractivity contribution in [2.24, 2.45) is 11.5 Å². The van der Waals surface area contributed by atoms with Crippen molar-refractivity contribution in [2.75, 3.05) is 0 Å². The fourth-order valence-corrected chi connectivity index (χ4v) is 2.17. The number of halogens is 2. The molecule has 4 nitrogen and oxygen atoms in total. The fraction of sp³-hybridized carbons (Fsp3) is 0.333. The normalized spacial score (nSPS) is 12.2. The molecule has 18 heavy (non-hydrogen) atoms. The summed E-state index contributed by atoms with van der Waals surface area (Å²) in [5.74, 6) is -2.98. The highest BCUT2D eigenvalue weighted by molar-refractivity contribution is 6.34. The van der Waals surface area contributed by atoms with Crippen molar-refractivity contribution in [3.63, 3.8) is 0 Å². The molecule has 6 heteroatoms. The molecule has 1 aromatic rings. The summed E-state index contributed by atoms with van der Waals surface area (Å²) >= 11 is 5.93. The maximum Gasteiger partial charge on any atom is 0.250 e. The van der Waals surface area contributed by atoms with Crippen LogP contribution in [0.1, 0.15) is 41.6 Å². The first-order chi connectivity index (χ1) is 8.40. The summed E-state index contributed by atoms with van der Waals surface area (Å²) in [5.41, 5.74) is 10.3. The third-order valence-corrected chi connectivity index (χ3v) is 3.07. The SMILES string of the molecule is CCCC(C(N)=O)c1c(F)ccc(C(N)=O)c1Cl. The summed E-state index contributed by atoms with van der Waals surface area (Å²) in [7, 11) is 0. The van der Waals surface area contributed by atoms with Gasteiger partial charge in [0.15, 0.2) is 0 Å². The van der Waals surface area contributed by atoms with Crippen molar-refractivity contribution >= 4 is 23.4 Å². The van der Waals surface area contributed by atoms with E-state index < -0.39 is 23.5 Å². The average Bonchev–Trinajstić information content (AvgIpc) is 2.27. The van der Waals surface area contributed by atoms with Crippen molar-refractivity contribution in [1.29, 1.82) is 0 Å². The number of primary amides is 2. The maximum atomic E-state index is 13.8. The third kappa shape index (κ3) is 2.79. The predicted molar refractivity (Wildman–Crippen MR) is 66.8 cm³/mol. The Hall–Kier alpha value is -1.62. The molecule has 0 aliphatic heterocycles. The number of rotatable bonds is 5. The van der Waals surface area contributed by atoms with Gasteiger partial charge in [-0.05, 0) is 18.6 Å². The molecule has 0 aliphatic carbocycles. The Bertz CT molecular complexity index is 491. The molecule has 0 fully saturated rings. The summed E-state index contributed by atoms with van der Waals surface area (Å²) in [6.45, 7) is 1.83. The smallest absolute Gasteiger partial charge is 0.250 e. The van der Waals surface area contributed by atoms with Gasteiger partial charge in [-0.3, -0.25) is 9.59 Å². The van der Waals surface area contributed by atoms with Crippen molar-refractivity contribution in [2.45, 2.75) is 25.7 Å². The van der Waals surface area contributed by atoms with E-state index in [9.17, 15) is 14.0 Å². The molecular weight excluding hydrogens is 259 g/mol. The first-order valence-electron chi connectivity index (χ1n) is 5.47. The zero-order chi connectivity index (χ0) is 13.9. The van der Waals surface area contributed by atoms with Gasteiger partial charge in [-0.15, -0.1) is 0 Å². The molecule has 1 atom stereocenters. The second kappa shape index (κ2) is 5.82. The van der Waals surface area contributed by atoms with Crippen LogP contribution >= 0.6 is 11.6 Å². The van der Waals surface area contributed by atoms with Gasteiger partial charge in [0.1, 0.15) is 5.82 Å². The lowest BCUT2D eigenvalue weighted by molar-refractivity contribution is -0.119. The summed E-state index contributed by atoms with van der Waals surface area (Å²) in [4.78, 5) is 22.5. The van der Waals surface area contributed by atoms with E-state index in [4.69, 9.17) is 23.1 Å². The van der Waals surface area contributed by atoms with Gasteiger partial charge in [0.05, 0.1) is 16.5 Å². The van der Waals surface area contributed by atoms with Gasteiger partial charge in [-0.2, -0.15) is 0 Å². The summed E-state index contributed by atoms with van der Waals surface area (Å²) in [6.07, 6.45) is 0.984. The van der Waals surface area contributed by atoms with Crippen molar-refractivity contribution < 1.29 is 14.0 Å². The van der Waals surface area contributed by atoms with E-state index in [2.05, 4.69) is 0 Å². The molecule has 1 aromatic carbocycles.